The molecule has 0 bridgehead atoms. The summed E-state index contributed by atoms with van der Waals surface area (Å²) >= 11 is -1.65. The maximum atomic E-state index is 5.83. The van der Waals surface area contributed by atoms with Gasteiger partial charge in [0.25, 0.3) is 0 Å². The third-order valence-corrected chi connectivity index (χ3v) is 30.8. The van der Waals surface area contributed by atoms with Crippen LogP contribution in [0.15, 0.2) is 106 Å². The van der Waals surface area contributed by atoms with Crippen LogP contribution in [0.1, 0.15) is 56.0 Å². The minimum Gasteiger partial charge on any atom is -0.496 e. The molecule has 2 aromatic heterocycles. The van der Waals surface area contributed by atoms with Gasteiger partial charge in [-0.25, -0.2) is 0 Å². The zero-order chi connectivity index (χ0) is 40.6. The van der Waals surface area contributed by atoms with Crippen molar-refractivity contribution in [3.8, 4) is 44.9 Å². The number of aryl methyl sites for hydroxylation is 8. The average molecular weight is 875 g/mol. The molecule has 288 valence electrons. The minimum absolute atomic E-state index is 0.224. The maximum Gasteiger partial charge on any atom is 0.0896 e. The number of furan rings is 2. The van der Waals surface area contributed by atoms with Crippen LogP contribution in [0.25, 0.3) is 66.4 Å². The van der Waals surface area contributed by atoms with Crippen LogP contribution in [-0.2, 0) is 18.0 Å². The van der Waals surface area contributed by atoms with Gasteiger partial charge in [-0.3, -0.25) is 0 Å². The SMILES string of the molecule is C[Si](C)=[Zr]([Cl])[Cl].Cc1ccc(-c2cc3c(-c4cc(C)c(C)c(C)c4)c(C)ccc3[cH-]2)o1.Cc1ccc(-c2cc3c(-c4cc(C)c(C)c(C)c4)c(C)ccc3[cH-]2)o1. The molecular formula is C50H52Cl2O2SiZr-2. The zero-order valence-corrected chi connectivity index (χ0v) is 39.8. The Labute approximate surface area is 348 Å². The molecule has 2 nitrogen and oxygen atoms in total. The van der Waals surface area contributed by atoms with Crippen LogP contribution < -0.4 is 0 Å². The summed E-state index contributed by atoms with van der Waals surface area (Å²) in [5, 5.41) is 5.12. The monoisotopic (exact) mass is 872 g/mol. The van der Waals surface area contributed by atoms with Crippen LogP contribution in [-0.4, -0.2) is 5.43 Å². The number of rotatable bonds is 4. The van der Waals surface area contributed by atoms with E-state index in [1.807, 2.05) is 26.0 Å². The molecule has 0 saturated carbocycles. The largest absolute Gasteiger partial charge is 0.496 e. The second-order valence-corrected chi connectivity index (χ2v) is 38.5. The normalized spacial score (nSPS) is 11.0. The van der Waals surface area contributed by atoms with Crippen molar-refractivity contribution in [2.75, 3.05) is 0 Å². The molecule has 6 heteroatoms. The Hall–Kier alpha value is -3.66. The van der Waals surface area contributed by atoms with Crippen molar-refractivity contribution in [1.29, 1.82) is 0 Å². The quantitative estimate of drug-likeness (QED) is 0.130. The molecule has 0 radical (unpaired) electrons. The van der Waals surface area contributed by atoms with E-state index >= 15 is 0 Å². The first-order valence-corrected chi connectivity index (χ1v) is 31.7. The van der Waals surface area contributed by atoms with Crippen LogP contribution in [0.3, 0.4) is 0 Å². The Morgan fingerprint density at radius 3 is 1.09 bits per heavy atom. The Balaban J connectivity index is 0.000000166. The predicted octanol–water partition coefficient (Wildman–Crippen LogP) is 16.2. The van der Waals surface area contributed by atoms with Crippen molar-refractivity contribution >= 4 is 44.0 Å². The molecule has 2 heterocycles. The van der Waals surface area contributed by atoms with Crippen molar-refractivity contribution < 1.29 is 26.8 Å². The number of hydrogen-bond acceptors (Lipinski definition) is 2. The molecular weight excluding hydrogens is 823 g/mol. The molecule has 0 spiro atoms. The van der Waals surface area contributed by atoms with Gasteiger partial charge in [0.2, 0.25) is 0 Å². The fourth-order valence-corrected chi connectivity index (χ4v) is 7.37. The van der Waals surface area contributed by atoms with E-state index in [4.69, 9.17) is 25.9 Å². The van der Waals surface area contributed by atoms with Gasteiger partial charge in [0.1, 0.15) is 0 Å². The Bertz CT molecular complexity index is 2510. The molecule has 0 unspecified atom stereocenters. The van der Waals surface area contributed by atoms with Crippen LogP contribution in [0.4, 0.5) is 0 Å². The van der Waals surface area contributed by atoms with Gasteiger partial charge in [0.05, 0.1) is 23.0 Å². The van der Waals surface area contributed by atoms with Crippen LogP contribution in [0.2, 0.25) is 13.1 Å². The summed E-state index contributed by atoms with van der Waals surface area (Å²) in [6.07, 6.45) is 0. The van der Waals surface area contributed by atoms with Crippen molar-refractivity contribution in [2.24, 2.45) is 0 Å². The van der Waals surface area contributed by atoms with E-state index in [0.717, 1.165) is 34.2 Å². The Kier molecular flexibility index (Phi) is 13.1. The zero-order valence-electron chi connectivity index (χ0n) is 34.8. The van der Waals surface area contributed by atoms with Gasteiger partial charge in [-0.2, -0.15) is 0 Å². The summed E-state index contributed by atoms with van der Waals surface area (Å²) < 4.78 is 11.7. The average Bonchev–Trinajstić information content (AvgIpc) is 3.96. The molecule has 0 saturated heterocycles. The first-order valence-electron chi connectivity index (χ1n) is 19.2. The van der Waals surface area contributed by atoms with Crippen LogP contribution >= 0.6 is 17.0 Å². The molecule has 8 rings (SSSR count). The van der Waals surface area contributed by atoms with Crippen molar-refractivity contribution in [2.45, 2.75) is 82.3 Å². The van der Waals surface area contributed by atoms with Gasteiger partial charge >= 0.3 is 53.5 Å². The molecule has 0 aliphatic heterocycles. The second-order valence-electron chi connectivity index (χ2n) is 15.6. The van der Waals surface area contributed by atoms with Crippen molar-refractivity contribution in [3.63, 3.8) is 0 Å². The maximum absolute atomic E-state index is 5.83. The number of fused-ring (bicyclic) bond motifs is 2. The molecule has 8 aromatic rings. The summed E-state index contributed by atoms with van der Waals surface area (Å²) in [6.45, 7) is 25.9. The number of hydrogen-bond donors (Lipinski definition) is 0. The summed E-state index contributed by atoms with van der Waals surface area (Å²) in [5.74, 6) is 3.77. The summed E-state index contributed by atoms with van der Waals surface area (Å²) in [4.78, 5) is 0. The van der Waals surface area contributed by atoms with Gasteiger partial charge in [-0.1, -0.05) is 58.7 Å². The van der Waals surface area contributed by atoms with E-state index in [-0.39, 0.29) is 5.43 Å². The van der Waals surface area contributed by atoms with Crippen LogP contribution in [0.5, 0.6) is 0 Å². The van der Waals surface area contributed by atoms with Gasteiger partial charge in [0.15, 0.2) is 0 Å². The molecule has 56 heavy (non-hydrogen) atoms. The van der Waals surface area contributed by atoms with Crippen molar-refractivity contribution in [3.05, 3.63) is 153 Å². The van der Waals surface area contributed by atoms with E-state index in [2.05, 4.69) is 153 Å². The Morgan fingerprint density at radius 1 is 0.464 bits per heavy atom. The van der Waals surface area contributed by atoms with E-state index in [1.165, 1.54) is 88.3 Å². The first-order chi connectivity index (χ1) is 26.5. The smallest absolute Gasteiger partial charge is 0.0896 e. The third kappa shape index (κ3) is 9.05. The minimum atomic E-state index is -1.65. The van der Waals surface area contributed by atoms with E-state index in [0.29, 0.717) is 0 Å². The number of benzene rings is 4. The van der Waals surface area contributed by atoms with Gasteiger partial charge in [-0.15, -0.1) is 57.9 Å². The molecule has 0 aliphatic rings. The summed E-state index contributed by atoms with van der Waals surface area (Å²) in [6, 6.07) is 35.2. The number of halogens is 2. The molecule has 0 aliphatic carbocycles. The first kappa shape index (κ1) is 42.0. The molecule has 0 amide bonds. The molecule has 0 atom stereocenters. The molecule has 0 N–H and O–H groups in total. The van der Waals surface area contributed by atoms with Crippen molar-refractivity contribution in [1.82, 2.24) is 0 Å². The fraction of sp³-hybridized carbons (Fsp3) is 0.240. The summed E-state index contributed by atoms with van der Waals surface area (Å²) in [7, 11) is 11.2. The molecule has 6 aromatic carbocycles. The topological polar surface area (TPSA) is 26.3 Å². The fourth-order valence-electron chi connectivity index (χ4n) is 7.37. The van der Waals surface area contributed by atoms with Crippen LogP contribution in [0, 0.1) is 69.2 Å². The second kappa shape index (κ2) is 17.5. The molecule has 0 fully saturated rings. The predicted molar refractivity (Wildman–Crippen MR) is 242 cm³/mol. The van der Waals surface area contributed by atoms with Gasteiger partial charge in [0, 0.05) is 0 Å². The van der Waals surface area contributed by atoms with Gasteiger partial charge in [-0.05, 0) is 149 Å². The van der Waals surface area contributed by atoms with Gasteiger partial charge < -0.3 is 8.83 Å². The standard InChI is InChI=1S/2C24H23O.C2H6Si.2ClH.Zr/c2*1-14-6-8-19-12-20(23-9-7-17(4)25-23)13-22(19)24(14)21-10-15(2)18(5)16(3)11-21;1-3-2;;;/h2*6-13H,1-5H3;1-2H3;2*1H;/q2*-1;;;;+2/p-2. The third-order valence-electron chi connectivity index (χ3n) is 11.1. The Morgan fingerprint density at radius 2 is 0.804 bits per heavy atom. The van der Waals surface area contributed by atoms with E-state index in [9.17, 15) is 0 Å². The summed E-state index contributed by atoms with van der Waals surface area (Å²) in [5.41, 5.74) is 18.1. The van der Waals surface area contributed by atoms with E-state index in [1.54, 1.807) is 0 Å². The van der Waals surface area contributed by atoms with E-state index < -0.39 is 18.0 Å².